The Balaban J connectivity index is 1.88. The number of carboxylic acids is 1. The highest BCUT2D eigenvalue weighted by molar-refractivity contribution is 5.86. The van der Waals surface area contributed by atoms with Gasteiger partial charge in [0.1, 0.15) is 5.69 Å². The summed E-state index contributed by atoms with van der Waals surface area (Å²) in [6, 6.07) is 12.2. The molecular weight excluding hydrogens is 238 g/mol. The third kappa shape index (κ3) is 2.41. The van der Waals surface area contributed by atoms with Gasteiger partial charge in [-0.15, -0.1) is 0 Å². The quantitative estimate of drug-likeness (QED) is 0.883. The largest absolute Gasteiger partial charge is 0.477 e. The van der Waals surface area contributed by atoms with Crippen LogP contribution < -0.4 is 0 Å². The number of nitrogens with one attached hydrogen (secondary N) is 1. The Bertz CT molecular complexity index is 586. The molecule has 0 aliphatic heterocycles. The molecule has 2 aromatic rings. The summed E-state index contributed by atoms with van der Waals surface area (Å²) in [6.45, 7) is 0. The molecule has 1 aromatic carbocycles. The maximum Gasteiger partial charge on any atom is 0.352 e. The molecule has 3 nitrogen and oxygen atoms in total. The van der Waals surface area contributed by atoms with Gasteiger partial charge in [-0.05, 0) is 48.8 Å². The Labute approximate surface area is 112 Å². The lowest BCUT2D eigenvalue weighted by Gasteiger charge is -2.22. The lowest BCUT2D eigenvalue weighted by atomic mass is 9.83. The zero-order valence-electron chi connectivity index (χ0n) is 10.7. The standard InChI is InChI=1S/C16H17NO2/c18-16(19)15-10-13-12(7-4-8-14(13)17-15)9-11-5-2-1-3-6-11/h1-3,5-6,10,12,17H,4,7-9H2,(H,18,19). The van der Waals surface area contributed by atoms with Crippen molar-refractivity contribution in [3.63, 3.8) is 0 Å². The minimum atomic E-state index is -0.868. The predicted octanol–water partition coefficient (Wildman–Crippen LogP) is 3.38. The number of H-pyrrole nitrogens is 1. The smallest absolute Gasteiger partial charge is 0.352 e. The number of carbonyl (C=O) groups is 1. The summed E-state index contributed by atoms with van der Waals surface area (Å²) in [5, 5.41) is 9.08. The lowest BCUT2D eigenvalue weighted by Crippen LogP contribution is -2.10. The van der Waals surface area contributed by atoms with Gasteiger partial charge >= 0.3 is 5.97 Å². The SMILES string of the molecule is O=C(O)c1cc2c([nH]1)CCCC2Cc1ccccc1. The molecule has 0 saturated heterocycles. The number of aromatic carboxylic acids is 1. The molecule has 1 aromatic heterocycles. The number of benzene rings is 1. The number of hydrogen-bond acceptors (Lipinski definition) is 1. The molecule has 0 amide bonds. The van der Waals surface area contributed by atoms with E-state index in [1.54, 1.807) is 0 Å². The molecule has 1 atom stereocenters. The van der Waals surface area contributed by atoms with Crippen molar-refractivity contribution < 1.29 is 9.90 Å². The first-order chi connectivity index (χ1) is 9.24. The van der Waals surface area contributed by atoms with E-state index in [4.69, 9.17) is 5.11 Å². The van der Waals surface area contributed by atoms with Crippen LogP contribution in [0.25, 0.3) is 0 Å². The summed E-state index contributed by atoms with van der Waals surface area (Å²) in [5.74, 6) is -0.427. The maximum atomic E-state index is 11.1. The summed E-state index contributed by atoms with van der Waals surface area (Å²) in [5.41, 5.74) is 3.96. The molecule has 1 unspecified atom stereocenters. The Hall–Kier alpha value is -2.03. The summed E-state index contributed by atoms with van der Waals surface area (Å²) in [6.07, 6.45) is 4.22. The number of aromatic amines is 1. The van der Waals surface area contributed by atoms with E-state index >= 15 is 0 Å². The van der Waals surface area contributed by atoms with Gasteiger partial charge in [0, 0.05) is 5.69 Å². The highest BCUT2D eigenvalue weighted by Crippen LogP contribution is 2.34. The van der Waals surface area contributed by atoms with Crippen LogP contribution in [-0.4, -0.2) is 16.1 Å². The molecule has 1 aliphatic rings. The van der Waals surface area contributed by atoms with E-state index in [1.807, 2.05) is 12.1 Å². The van der Waals surface area contributed by atoms with E-state index in [2.05, 4.69) is 29.2 Å². The molecule has 1 heterocycles. The second kappa shape index (κ2) is 4.92. The Morgan fingerprint density at radius 3 is 2.84 bits per heavy atom. The van der Waals surface area contributed by atoms with E-state index in [0.29, 0.717) is 11.6 Å². The lowest BCUT2D eigenvalue weighted by molar-refractivity contribution is 0.0691. The van der Waals surface area contributed by atoms with Gasteiger partial charge in [0.05, 0.1) is 0 Å². The van der Waals surface area contributed by atoms with E-state index < -0.39 is 5.97 Å². The van der Waals surface area contributed by atoms with E-state index in [1.165, 1.54) is 11.1 Å². The van der Waals surface area contributed by atoms with Crippen LogP contribution in [0.4, 0.5) is 0 Å². The minimum absolute atomic E-state index is 0.324. The van der Waals surface area contributed by atoms with Crippen molar-refractivity contribution in [3.8, 4) is 0 Å². The van der Waals surface area contributed by atoms with Crippen molar-refractivity contribution in [1.82, 2.24) is 4.98 Å². The second-order valence-corrected chi connectivity index (χ2v) is 5.20. The number of hydrogen-bond donors (Lipinski definition) is 2. The number of carboxylic acid groups (broad SMARTS) is 1. The molecule has 98 valence electrons. The van der Waals surface area contributed by atoms with Crippen LogP contribution in [-0.2, 0) is 12.8 Å². The average Bonchev–Trinajstić information content (AvgIpc) is 2.85. The first kappa shape index (κ1) is 12.0. The van der Waals surface area contributed by atoms with Crippen molar-refractivity contribution >= 4 is 5.97 Å². The highest BCUT2D eigenvalue weighted by Gasteiger charge is 2.24. The third-order valence-electron chi connectivity index (χ3n) is 3.91. The van der Waals surface area contributed by atoms with Crippen LogP contribution in [0.3, 0.4) is 0 Å². The van der Waals surface area contributed by atoms with Crippen LogP contribution >= 0.6 is 0 Å². The number of aromatic nitrogens is 1. The summed E-state index contributed by atoms with van der Waals surface area (Å²) in [7, 11) is 0. The molecule has 19 heavy (non-hydrogen) atoms. The van der Waals surface area contributed by atoms with Crippen LogP contribution in [0, 0.1) is 0 Å². The monoisotopic (exact) mass is 255 g/mol. The van der Waals surface area contributed by atoms with Crippen LogP contribution in [0.1, 0.15) is 46.1 Å². The first-order valence-corrected chi connectivity index (χ1v) is 6.73. The maximum absolute atomic E-state index is 11.1. The second-order valence-electron chi connectivity index (χ2n) is 5.20. The van der Waals surface area contributed by atoms with Gasteiger partial charge in [-0.2, -0.15) is 0 Å². The zero-order chi connectivity index (χ0) is 13.2. The average molecular weight is 255 g/mol. The molecule has 3 rings (SSSR count). The van der Waals surface area contributed by atoms with Crippen molar-refractivity contribution in [2.24, 2.45) is 0 Å². The minimum Gasteiger partial charge on any atom is -0.477 e. The van der Waals surface area contributed by atoms with E-state index in [0.717, 1.165) is 31.4 Å². The highest BCUT2D eigenvalue weighted by atomic mass is 16.4. The van der Waals surface area contributed by atoms with Crippen molar-refractivity contribution in [3.05, 3.63) is 58.9 Å². The summed E-state index contributed by atoms with van der Waals surface area (Å²) >= 11 is 0. The molecule has 0 fully saturated rings. The summed E-state index contributed by atoms with van der Waals surface area (Å²) < 4.78 is 0. The van der Waals surface area contributed by atoms with E-state index in [-0.39, 0.29) is 0 Å². The normalized spacial score (nSPS) is 18.0. The molecule has 0 bridgehead atoms. The predicted molar refractivity (Wildman–Crippen MR) is 73.6 cm³/mol. The number of rotatable bonds is 3. The topological polar surface area (TPSA) is 53.1 Å². The van der Waals surface area contributed by atoms with Gasteiger partial charge in [0.15, 0.2) is 0 Å². The van der Waals surface area contributed by atoms with Crippen LogP contribution in [0.15, 0.2) is 36.4 Å². The first-order valence-electron chi connectivity index (χ1n) is 6.73. The van der Waals surface area contributed by atoms with Gasteiger partial charge in [-0.25, -0.2) is 4.79 Å². The molecule has 0 radical (unpaired) electrons. The molecule has 0 spiro atoms. The molecule has 0 saturated carbocycles. The molecular formula is C16H17NO2. The van der Waals surface area contributed by atoms with Crippen molar-refractivity contribution in [2.45, 2.75) is 31.6 Å². The van der Waals surface area contributed by atoms with Crippen molar-refractivity contribution in [2.75, 3.05) is 0 Å². The van der Waals surface area contributed by atoms with Crippen molar-refractivity contribution in [1.29, 1.82) is 0 Å². The fraction of sp³-hybridized carbons (Fsp3) is 0.312. The Kier molecular flexibility index (Phi) is 3.11. The van der Waals surface area contributed by atoms with Gasteiger partial charge in [-0.3, -0.25) is 0 Å². The molecule has 3 heteroatoms. The Morgan fingerprint density at radius 1 is 1.32 bits per heavy atom. The van der Waals surface area contributed by atoms with Crippen LogP contribution in [0.2, 0.25) is 0 Å². The molecule has 2 N–H and O–H groups in total. The number of fused-ring (bicyclic) bond motifs is 1. The fourth-order valence-electron chi connectivity index (χ4n) is 2.99. The van der Waals surface area contributed by atoms with E-state index in [9.17, 15) is 4.79 Å². The summed E-state index contributed by atoms with van der Waals surface area (Å²) in [4.78, 5) is 14.1. The van der Waals surface area contributed by atoms with Crippen LogP contribution in [0.5, 0.6) is 0 Å². The fourth-order valence-corrected chi connectivity index (χ4v) is 2.99. The Morgan fingerprint density at radius 2 is 2.11 bits per heavy atom. The van der Waals surface area contributed by atoms with Gasteiger partial charge in [-0.1, -0.05) is 30.3 Å². The third-order valence-corrected chi connectivity index (χ3v) is 3.91. The van der Waals surface area contributed by atoms with Gasteiger partial charge in [0.25, 0.3) is 0 Å². The zero-order valence-corrected chi connectivity index (χ0v) is 10.7. The molecule has 1 aliphatic carbocycles. The van der Waals surface area contributed by atoms with Gasteiger partial charge < -0.3 is 10.1 Å². The number of aryl methyl sites for hydroxylation is 1. The van der Waals surface area contributed by atoms with Gasteiger partial charge in [0.2, 0.25) is 0 Å².